The summed E-state index contributed by atoms with van der Waals surface area (Å²) < 4.78 is 0. The molecule has 0 N–H and O–H groups in total. The number of nitrogens with zero attached hydrogens (tertiary/aromatic N) is 2. The maximum absolute atomic E-state index is 5.40. The van der Waals surface area contributed by atoms with Crippen molar-refractivity contribution >= 4 is 108 Å². The van der Waals surface area contributed by atoms with E-state index >= 15 is 0 Å². The molecule has 2 aliphatic carbocycles. The van der Waals surface area contributed by atoms with Crippen LogP contribution in [-0.4, -0.2) is 9.97 Å². The number of aromatic nitrogens is 2. The van der Waals surface area contributed by atoms with Gasteiger partial charge >= 0.3 is 0 Å². The molecule has 2 heteroatoms. The second-order valence-electron chi connectivity index (χ2n) is 31.7. The van der Waals surface area contributed by atoms with Crippen LogP contribution in [0.4, 0.5) is 0 Å². The van der Waals surface area contributed by atoms with Crippen LogP contribution in [0.1, 0.15) is 49.9 Å². The van der Waals surface area contributed by atoms with Crippen LogP contribution in [0.3, 0.4) is 0 Å². The summed E-state index contributed by atoms with van der Waals surface area (Å²) in [7, 11) is 0. The van der Waals surface area contributed by atoms with E-state index in [9.17, 15) is 0 Å². The first kappa shape index (κ1) is 65.2. The standard InChI is InChI=1S/C58H39N.C52H35N/c1-58(2)52-22-11-10-21-49(52)57-56(58)54(55-44-18-7-6-15-38(44)29-32-53(55)59-57)39-25-23-37(24-26-39)42-27-30-47-48-31-28-43(35-51(48)46-20-9-8-19-45(46)50(47)34-42)41-17-12-16-40(33-41)36-13-4-3-5-14-36;1-52(2)46-19-11-10-18-43(46)51-50(52)48(49-38-15-7-6-14-34(38)26-29-47(49)53-51)35-22-20-33(21-23-35)37-25-28-42-41-27-24-36(32-12-4-3-5-13-32)30-44(41)39-16-8-9-17-40(39)45(42)31-37/h3-35H,1-2H3;3-31H,1-2H3. The van der Waals surface area contributed by atoms with E-state index in [0.717, 1.165) is 22.4 Å². The molecule has 0 saturated carbocycles. The van der Waals surface area contributed by atoms with Crippen molar-refractivity contribution in [3.63, 3.8) is 0 Å². The van der Waals surface area contributed by atoms with Gasteiger partial charge in [-0.25, -0.2) is 9.97 Å². The monoisotopic (exact) mass is 1420 g/mol. The second kappa shape index (κ2) is 25.3. The fourth-order valence-electron chi connectivity index (χ4n) is 19.4. The van der Waals surface area contributed by atoms with Gasteiger partial charge in [0, 0.05) is 32.7 Å². The minimum absolute atomic E-state index is 0.192. The van der Waals surface area contributed by atoms with Crippen LogP contribution in [0.2, 0.25) is 0 Å². The largest absolute Gasteiger partial charge is 0.247 e. The molecule has 2 nitrogen and oxygen atoms in total. The van der Waals surface area contributed by atoms with Crippen LogP contribution < -0.4 is 0 Å². The van der Waals surface area contributed by atoms with Crippen LogP contribution in [0.25, 0.3) is 208 Å². The Morgan fingerprint density at radius 1 is 0.188 bits per heavy atom. The Morgan fingerprint density at radius 2 is 0.455 bits per heavy atom. The van der Waals surface area contributed by atoms with E-state index in [1.54, 1.807) is 0 Å². The Bertz CT molecular complexity index is 7470. The summed E-state index contributed by atoms with van der Waals surface area (Å²) in [4.78, 5) is 10.8. The lowest BCUT2D eigenvalue weighted by atomic mass is 9.78. The minimum Gasteiger partial charge on any atom is -0.247 e. The van der Waals surface area contributed by atoms with E-state index < -0.39 is 0 Å². The van der Waals surface area contributed by atoms with Gasteiger partial charge in [0.15, 0.2) is 0 Å². The molecule has 2 aromatic heterocycles. The maximum atomic E-state index is 5.40. The molecule has 0 radical (unpaired) electrons. The molecule has 0 bridgehead atoms. The zero-order valence-electron chi connectivity index (χ0n) is 62.7. The highest BCUT2D eigenvalue weighted by molar-refractivity contribution is 6.28. The van der Waals surface area contributed by atoms with Crippen molar-refractivity contribution in [2.24, 2.45) is 0 Å². The van der Waals surface area contributed by atoms with Gasteiger partial charge in [-0.1, -0.05) is 361 Å². The van der Waals surface area contributed by atoms with Crippen molar-refractivity contribution in [2.45, 2.75) is 38.5 Å². The molecule has 23 rings (SSSR count). The first-order chi connectivity index (χ1) is 55.1. The maximum Gasteiger partial charge on any atom is 0.0759 e. The summed E-state index contributed by atoms with van der Waals surface area (Å²) in [5.41, 5.74) is 29.0. The Balaban J connectivity index is 0.000000138. The first-order valence-corrected chi connectivity index (χ1v) is 39.2. The molecule has 0 atom stereocenters. The second-order valence-corrected chi connectivity index (χ2v) is 31.7. The third kappa shape index (κ3) is 10.2. The topological polar surface area (TPSA) is 25.8 Å². The van der Waals surface area contributed by atoms with Crippen molar-refractivity contribution in [2.75, 3.05) is 0 Å². The number of hydrogen-bond donors (Lipinski definition) is 0. The molecule has 524 valence electrons. The number of rotatable bonds is 7. The average Bonchev–Trinajstić information content (AvgIpc) is 1.54. The summed E-state index contributed by atoms with van der Waals surface area (Å²) in [6.07, 6.45) is 0. The van der Waals surface area contributed by atoms with Crippen LogP contribution in [-0.2, 0) is 10.8 Å². The summed E-state index contributed by atoms with van der Waals surface area (Å²) >= 11 is 0. The van der Waals surface area contributed by atoms with Crippen molar-refractivity contribution in [3.8, 4) is 100 Å². The van der Waals surface area contributed by atoms with Gasteiger partial charge in [-0.3, -0.25) is 0 Å². The summed E-state index contributed by atoms with van der Waals surface area (Å²) in [5, 5.41) is 22.8. The Labute approximate surface area is 650 Å². The minimum atomic E-state index is -0.201. The van der Waals surface area contributed by atoms with Crippen molar-refractivity contribution in [1.29, 1.82) is 0 Å². The van der Waals surface area contributed by atoms with Crippen molar-refractivity contribution in [1.82, 2.24) is 9.97 Å². The van der Waals surface area contributed by atoms with E-state index in [0.29, 0.717) is 0 Å². The highest BCUT2D eigenvalue weighted by atomic mass is 14.7. The third-order valence-electron chi connectivity index (χ3n) is 24.8. The average molecular weight is 1420 g/mol. The molecule has 19 aromatic carbocycles. The predicted molar refractivity (Wildman–Crippen MR) is 477 cm³/mol. The van der Waals surface area contributed by atoms with E-state index in [-0.39, 0.29) is 10.8 Å². The number of pyridine rings is 2. The van der Waals surface area contributed by atoms with Gasteiger partial charge in [-0.2, -0.15) is 0 Å². The van der Waals surface area contributed by atoms with Crippen LogP contribution in [0.15, 0.2) is 376 Å². The molecule has 0 amide bonds. The molecule has 0 saturated heterocycles. The number of hydrogen-bond acceptors (Lipinski definition) is 2. The normalized spacial score (nSPS) is 13.1. The quantitative estimate of drug-likeness (QED) is 0.149. The molecule has 21 aromatic rings. The van der Waals surface area contributed by atoms with E-state index in [1.165, 1.54) is 208 Å². The molecular weight excluding hydrogens is 1350 g/mol. The summed E-state index contributed by atoms with van der Waals surface area (Å²) in [6.45, 7) is 9.45. The highest BCUT2D eigenvalue weighted by Crippen LogP contribution is 2.57. The molecule has 0 fully saturated rings. The SMILES string of the molecule is CC1(C)c2ccccc2-c2nc3ccc4ccccc4c3c(-c3ccc(-c4ccc5c6ccc(-c7cccc(-c8ccccc8)c7)cc6c6ccccc6c5c4)cc3)c21.CC1(C)c2ccccc2-c2nc3ccc4ccccc4c3c(-c3ccc(-c4ccc5c6ccc(-c7ccccc7)cc6c6ccccc6c5c4)cc3)c21. The molecule has 112 heavy (non-hydrogen) atoms. The Kier molecular flexibility index (Phi) is 14.7. The molecule has 2 heterocycles. The molecule has 0 spiro atoms. The van der Waals surface area contributed by atoms with Gasteiger partial charge in [-0.15, -0.1) is 0 Å². The first-order valence-electron chi connectivity index (χ1n) is 39.2. The van der Waals surface area contributed by atoms with Gasteiger partial charge in [-0.05, 0) is 229 Å². The van der Waals surface area contributed by atoms with Gasteiger partial charge in [0.25, 0.3) is 0 Å². The number of benzene rings is 19. The number of fused-ring (bicyclic) bond motifs is 24. The molecule has 0 aliphatic heterocycles. The molecule has 0 unspecified atom stereocenters. The van der Waals surface area contributed by atoms with E-state index in [2.05, 4.69) is 404 Å². The van der Waals surface area contributed by atoms with Gasteiger partial charge in [0.05, 0.1) is 22.4 Å². The van der Waals surface area contributed by atoms with Gasteiger partial charge in [0.2, 0.25) is 0 Å². The van der Waals surface area contributed by atoms with Crippen LogP contribution in [0.5, 0.6) is 0 Å². The summed E-state index contributed by atoms with van der Waals surface area (Å²) in [6, 6.07) is 139. The zero-order chi connectivity index (χ0) is 74.5. The lowest BCUT2D eigenvalue weighted by Crippen LogP contribution is -2.16. The van der Waals surface area contributed by atoms with Crippen LogP contribution in [0, 0.1) is 0 Å². The fraction of sp³-hybridized carbons (Fsp3) is 0.0545. The van der Waals surface area contributed by atoms with E-state index in [1.807, 2.05) is 0 Å². The summed E-state index contributed by atoms with van der Waals surface area (Å²) in [5.74, 6) is 0. The van der Waals surface area contributed by atoms with Crippen LogP contribution >= 0.6 is 0 Å². The van der Waals surface area contributed by atoms with Crippen molar-refractivity contribution in [3.05, 3.63) is 398 Å². The zero-order valence-corrected chi connectivity index (χ0v) is 62.7. The molecular formula is C110H74N2. The predicted octanol–water partition coefficient (Wildman–Crippen LogP) is 30.0. The lowest BCUT2D eigenvalue weighted by molar-refractivity contribution is 0.661. The lowest BCUT2D eigenvalue weighted by Gasteiger charge is -2.25. The van der Waals surface area contributed by atoms with E-state index in [4.69, 9.17) is 9.97 Å². The highest BCUT2D eigenvalue weighted by Gasteiger charge is 2.42. The van der Waals surface area contributed by atoms with Crippen molar-refractivity contribution < 1.29 is 0 Å². The Hall–Kier alpha value is -13.9. The van der Waals surface area contributed by atoms with Gasteiger partial charge < -0.3 is 0 Å². The third-order valence-corrected chi connectivity index (χ3v) is 24.8. The Morgan fingerprint density at radius 3 is 0.839 bits per heavy atom. The molecule has 2 aliphatic rings. The fourth-order valence-corrected chi connectivity index (χ4v) is 19.4. The van der Waals surface area contributed by atoms with Gasteiger partial charge in [0.1, 0.15) is 0 Å². The smallest absolute Gasteiger partial charge is 0.0759 e.